The van der Waals surface area contributed by atoms with Crippen molar-refractivity contribution >= 4 is 17.7 Å². The van der Waals surface area contributed by atoms with Crippen LogP contribution in [0, 0.1) is 0 Å². The third-order valence-corrected chi connectivity index (χ3v) is 4.27. The summed E-state index contributed by atoms with van der Waals surface area (Å²) in [6, 6.07) is 0.572. The number of carbonyl (C=O) groups excluding carboxylic acids is 1. The summed E-state index contributed by atoms with van der Waals surface area (Å²) in [5, 5.41) is 6.93. The highest BCUT2D eigenvalue weighted by Crippen LogP contribution is 2.28. The van der Waals surface area contributed by atoms with Gasteiger partial charge in [0, 0.05) is 24.4 Å². The smallest absolute Gasteiger partial charge is 0.234 e. The zero-order chi connectivity index (χ0) is 12.7. The van der Waals surface area contributed by atoms with Crippen LogP contribution in [0.1, 0.15) is 26.2 Å². The van der Waals surface area contributed by atoms with Gasteiger partial charge < -0.3 is 15.4 Å². The molecule has 1 amide bonds. The van der Waals surface area contributed by atoms with Gasteiger partial charge in [0.05, 0.1) is 13.2 Å². The molecule has 1 fully saturated rings. The minimum Gasteiger partial charge on any atom is -0.383 e. The minimum absolute atomic E-state index is 0.0568. The quantitative estimate of drug-likeness (QED) is 0.717. The van der Waals surface area contributed by atoms with E-state index >= 15 is 0 Å². The number of nitrogens with one attached hydrogen (secondary N) is 2. The largest absolute Gasteiger partial charge is 0.383 e. The van der Waals surface area contributed by atoms with Crippen molar-refractivity contribution in [3.05, 3.63) is 0 Å². The van der Waals surface area contributed by atoms with Gasteiger partial charge in [0.2, 0.25) is 5.91 Å². The van der Waals surface area contributed by atoms with Crippen LogP contribution in [0.15, 0.2) is 0 Å². The Morgan fingerprint density at radius 1 is 1.53 bits per heavy atom. The van der Waals surface area contributed by atoms with E-state index in [1.807, 2.05) is 18.7 Å². The summed E-state index contributed by atoms with van der Waals surface area (Å²) in [6.07, 6.45) is 5.86. The molecule has 5 heteroatoms. The lowest BCUT2D eigenvalue weighted by molar-refractivity contribution is -0.121. The van der Waals surface area contributed by atoms with Gasteiger partial charge >= 0.3 is 0 Å². The van der Waals surface area contributed by atoms with Crippen LogP contribution in [-0.2, 0) is 9.53 Å². The highest BCUT2D eigenvalue weighted by Gasteiger charge is 2.26. The molecule has 0 spiro atoms. The second-order valence-corrected chi connectivity index (χ2v) is 5.69. The molecule has 3 unspecified atom stereocenters. The Labute approximate surface area is 108 Å². The maximum absolute atomic E-state index is 11.6. The molecule has 1 aliphatic carbocycles. The van der Waals surface area contributed by atoms with Crippen LogP contribution in [0.25, 0.3) is 0 Å². The van der Waals surface area contributed by atoms with Crippen molar-refractivity contribution in [1.29, 1.82) is 0 Å². The van der Waals surface area contributed by atoms with Gasteiger partial charge in [-0.2, -0.15) is 11.8 Å². The van der Waals surface area contributed by atoms with Crippen LogP contribution in [-0.4, -0.2) is 49.8 Å². The Hall–Kier alpha value is -0.260. The second kappa shape index (κ2) is 7.95. The highest BCUT2D eigenvalue weighted by atomic mass is 32.2. The van der Waals surface area contributed by atoms with E-state index in [4.69, 9.17) is 4.74 Å². The van der Waals surface area contributed by atoms with E-state index in [0.29, 0.717) is 24.4 Å². The van der Waals surface area contributed by atoms with Crippen molar-refractivity contribution in [2.24, 2.45) is 0 Å². The summed E-state index contributed by atoms with van der Waals surface area (Å²) < 4.78 is 4.98. The fourth-order valence-electron chi connectivity index (χ4n) is 2.28. The van der Waals surface area contributed by atoms with Crippen molar-refractivity contribution in [3.8, 4) is 0 Å². The van der Waals surface area contributed by atoms with E-state index in [9.17, 15) is 4.79 Å². The molecule has 0 aliphatic heterocycles. The first kappa shape index (κ1) is 14.8. The summed E-state index contributed by atoms with van der Waals surface area (Å²) in [7, 11) is 1.64. The van der Waals surface area contributed by atoms with Gasteiger partial charge in [0.15, 0.2) is 0 Å². The first-order valence-corrected chi connectivity index (χ1v) is 7.50. The second-order valence-electron chi connectivity index (χ2n) is 4.62. The zero-order valence-electron chi connectivity index (χ0n) is 11.0. The number of thioether (sulfide) groups is 1. The molecule has 17 heavy (non-hydrogen) atoms. The van der Waals surface area contributed by atoms with Gasteiger partial charge in [0.25, 0.3) is 0 Å². The summed E-state index contributed by atoms with van der Waals surface area (Å²) in [5.41, 5.74) is 0. The number of rotatable bonds is 7. The van der Waals surface area contributed by atoms with Crippen LogP contribution in [0.2, 0.25) is 0 Å². The first-order chi connectivity index (χ1) is 8.17. The van der Waals surface area contributed by atoms with E-state index in [1.165, 1.54) is 19.3 Å². The molecule has 100 valence electrons. The van der Waals surface area contributed by atoms with E-state index in [1.54, 1.807) is 7.11 Å². The van der Waals surface area contributed by atoms with Crippen molar-refractivity contribution in [2.45, 2.75) is 43.5 Å². The number of hydrogen-bond acceptors (Lipinski definition) is 4. The lowest BCUT2D eigenvalue weighted by Crippen LogP contribution is -2.45. The summed E-state index contributed by atoms with van der Waals surface area (Å²) in [6.45, 7) is 2.92. The molecule has 1 rings (SSSR count). The fourth-order valence-corrected chi connectivity index (χ4v) is 3.25. The van der Waals surface area contributed by atoms with Gasteiger partial charge in [-0.3, -0.25) is 4.79 Å². The molecule has 4 nitrogen and oxygen atoms in total. The van der Waals surface area contributed by atoms with E-state index in [2.05, 4.69) is 16.9 Å². The number of methoxy groups -OCH3 is 1. The molecule has 0 radical (unpaired) electrons. The third-order valence-electron chi connectivity index (χ3n) is 3.10. The maximum atomic E-state index is 11.6. The monoisotopic (exact) mass is 260 g/mol. The average molecular weight is 260 g/mol. The van der Waals surface area contributed by atoms with Crippen molar-refractivity contribution in [3.63, 3.8) is 0 Å². The first-order valence-electron chi connectivity index (χ1n) is 6.21. The van der Waals surface area contributed by atoms with Crippen molar-refractivity contribution < 1.29 is 9.53 Å². The molecule has 1 saturated carbocycles. The van der Waals surface area contributed by atoms with Crippen molar-refractivity contribution in [2.75, 3.05) is 26.5 Å². The Morgan fingerprint density at radius 3 is 2.94 bits per heavy atom. The molecule has 0 aromatic rings. The zero-order valence-corrected chi connectivity index (χ0v) is 11.8. The highest BCUT2D eigenvalue weighted by molar-refractivity contribution is 7.99. The molecule has 3 atom stereocenters. The summed E-state index contributed by atoms with van der Waals surface area (Å²) in [4.78, 5) is 11.6. The van der Waals surface area contributed by atoms with E-state index in [0.717, 1.165) is 0 Å². The van der Waals surface area contributed by atoms with Gasteiger partial charge in [-0.15, -0.1) is 0 Å². The van der Waals surface area contributed by atoms with Gasteiger partial charge in [-0.1, -0.05) is 6.42 Å². The Kier molecular flexibility index (Phi) is 6.92. The van der Waals surface area contributed by atoms with Gasteiger partial charge in [-0.25, -0.2) is 0 Å². The lowest BCUT2D eigenvalue weighted by Gasteiger charge is -2.19. The molecule has 0 aromatic carbocycles. The third kappa shape index (κ3) is 5.27. The summed E-state index contributed by atoms with van der Waals surface area (Å²) in [5.74, 6) is 0.0568. The molecule has 0 aromatic heterocycles. The predicted molar refractivity (Wildman–Crippen MR) is 72.4 cm³/mol. The predicted octanol–water partition coefficient (Wildman–Crippen LogP) is 1.01. The number of carbonyl (C=O) groups is 1. The maximum Gasteiger partial charge on any atom is 0.234 e. The number of ether oxygens (including phenoxy) is 1. The SMILES string of the molecule is COCC(C)NC(=O)CNC1CCCC1SC. The topological polar surface area (TPSA) is 50.4 Å². The van der Waals surface area contributed by atoms with Crippen LogP contribution < -0.4 is 10.6 Å². The Balaban J connectivity index is 2.19. The normalized spacial score (nSPS) is 25.8. The Morgan fingerprint density at radius 2 is 2.29 bits per heavy atom. The van der Waals surface area contributed by atoms with Gasteiger partial charge in [0.1, 0.15) is 0 Å². The van der Waals surface area contributed by atoms with Crippen LogP contribution in [0.5, 0.6) is 0 Å². The average Bonchev–Trinajstić information content (AvgIpc) is 2.73. The van der Waals surface area contributed by atoms with Crippen LogP contribution >= 0.6 is 11.8 Å². The molecule has 0 saturated heterocycles. The number of hydrogen-bond donors (Lipinski definition) is 2. The molecule has 0 heterocycles. The fraction of sp³-hybridized carbons (Fsp3) is 0.917. The lowest BCUT2D eigenvalue weighted by atomic mass is 10.2. The van der Waals surface area contributed by atoms with Gasteiger partial charge in [-0.05, 0) is 26.0 Å². The minimum atomic E-state index is 0.0568. The molecular weight excluding hydrogens is 236 g/mol. The van der Waals surface area contributed by atoms with Crippen molar-refractivity contribution in [1.82, 2.24) is 10.6 Å². The Bertz CT molecular complexity index is 239. The van der Waals surface area contributed by atoms with E-state index < -0.39 is 0 Å². The summed E-state index contributed by atoms with van der Waals surface area (Å²) >= 11 is 1.90. The molecule has 1 aliphatic rings. The molecule has 0 bridgehead atoms. The van der Waals surface area contributed by atoms with Crippen LogP contribution in [0.3, 0.4) is 0 Å². The number of amides is 1. The van der Waals surface area contributed by atoms with Crippen LogP contribution in [0.4, 0.5) is 0 Å². The standard InChI is InChI=1S/C12H24N2O2S/c1-9(8-16-2)14-12(15)7-13-10-5-4-6-11(10)17-3/h9-11,13H,4-8H2,1-3H3,(H,14,15). The molecule has 2 N–H and O–H groups in total. The molecular formula is C12H24N2O2S. The van der Waals surface area contributed by atoms with E-state index in [-0.39, 0.29) is 11.9 Å².